The number of aromatic nitrogens is 3. The second kappa shape index (κ2) is 8.92. The van der Waals surface area contributed by atoms with Gasteiger partial charge >= 0.3 is 0 Å². The Bertz CT molecular complexity index is 1180. The number of aryl methyl sites for hydroxylation is 1. The number of halogens is 1. The molecule has 1 saturated heterocycles. The van der Waals surface area contributed by atoms with Crippen LogP contribution in [-0.2, 0) is 24.6 Å². The maximum Gasteiger partial charge on any atom is 0.254 e. The Labute approximate surface area is 190 Å². The topological polar surface area (TPSA) is 98.5 Å². The average molecular weight is 452 g/mol. The lowest BCUT2D eigenvalue weighted by molar-refractivity contribution is -0.0261. The van der Waals surface area contributed by atoms with E-state index in [0.29, 0.717) is 43.8 Å². The minimum atomic E-state index is -0.809. The first-order valence-electron chi connectivity index (χ1n) is 11.0. The molecular formula is C24H25FN4O4. The SMILES string of the molecule is Cn1cc(-c2ccc(Cc3cc(C(=O)N[C@H]4CCOC[C@@H]4O)c(F)c4c3OCC4)cc2)nn1. The first-order valence-corrected chi connectivity index (χ1v) is 11.0. The molecule has 5 rings (SSSR count). The Morgan fingerprint density at radius 1 is 1.30 bits per heavy atom. The van der Waals surface area contributed by atoms with Gasteiger partial charge < -0.3 is 19.9 Å². The van der Waals surface area contributed by atoms with Crippen LogP contribution in [0.25, 0.3) is 11.3 Å². The molecular weight excluding hydrogens is 427 g/mol. The van der Waals surface area contributed by atoms with Crippen LogP contribution in [0.1, 0.15) is 33.5 Å². The van der Waals surface area contributed by atoms with Crippen LogP contribution in [-0.4, -0.2) is 58.0 Å². The first-order chi connectivity index (χ1) is 16.0. The minimum absolute atomic E-state index is 0.0240. The zero-order valence-electron chi connectivity index (χ0n) is 18.3. The van der Waals surface area contributed by atoms with Gasteiger partial charge in [0.25, 0.3) is 5.91 Å². The predicted octanol–water partition coefficient (Wildman–Crippen LogP) is 2.03. The third-order valence-electron chi connectivity index (χ3n) is 6.12. The summed E-state index contributed by atoms with van der Waals surface area (Å²) < 4.78 is 27.8. The molecule has 9 heteroatoms. The lowest BCUT2D eigenvalue weighted by Gasteiger charge is -2.28. The zero-order chi connectivity index (χ0) is 22.9. The summed E-state index contributed by atoms with van der Waals surface area (Å²) in [5, 5.41) is 20.9. The van der Waals surface area contributed by atoms with Crippen molar-refractivity contribution in [3.63, 3.8) is 0 Å². The smallest absolute Gasteiger partial charge is 0.254 e. The molecule has 0 spiro atoms. The van der Waals surface area contributed by atoms with E-state index in [-0.39, 0.29) is 12.2 Å². The van der Waals surface area contributed by atoms with Gasteiger partial charge in [0.2, 0.25) is 0 Å². The van der Waals surface area contributed by atoms with E-state index in [4.69, 9.17) is 9.47 Å². The summed E-state index contributed by atoms with van der Waals surface area (Å²) in [6.45, 7) is 0.980. The predicted molar refractivity (Wildman–Crippen MR) is 118 cm³/mol. The first kappa shape index (κ1) is 21.5. The van der Waals surface area contributed by atoms with Crippen molar-refractivity contribution in [3.8, 4) is 17.0 Å². The van der Waals surface area contributed by atoms with Gasteiger partial charge in [0.05, 0.1) is 37.1 Å². The van der Waals surface area contributed by atoms with Crippen molar-refractivity contribution in [3.05, 3.63) is 64.6 Å². The van der Waals surface area contributed by atoms with Crippen LogP contribution < -0.4 is 10.1 Å². The van der Waals surface area contributed by atoms with Crippen LogP contribution >= 0.6 is 0 Å². The molecule has 2 aliphatic rings. The van der Waals surface area contributed by atoms with Gasteiger partial charge in [-0.2, -0.15) is 0 Å². The van der Waals surface area contributed by atoms with Crippen molar-refractivity contribution in [2.24, 2.45) is 7.05 Å². The molecule has 3 heterocycles. The lowest BCUT2D eigenvalue weighted by Crippen LogP contribution is -2.48. The van der Waals surface area contributed by atoms with Crippen LogP contribution in [0.15, 0.2) is 36.5 Å². The molecule has 8 nitrogen and oxygen atoms in total. The molecule has 0 bridgehead atoms. The standard InChI is InChI=1S/C24H25FN4O4/c1-29-12-20(27-28-29)15-4-2-14(3-5-15)10-16-11-18(22(25)17-6-9-33-23(16)17)24(31)26-19-7-8-32-13-21(19)30/h2-5,11-12,19,21,30H,6-10,13H2,1H3,(H,26,31)/t19-,21-/m0/s1. The van der Waals surface area contributed by atoms with E-state index in [1.54, 1.807) is 10.7 Å². The number of ether oxygens (including phenoxy) is 2. The Balaban J connectivity index is 1.40. The Morgan fingerprint density at radius 2 is 2.12 bits per heavy atom. The molecule has 0 aliphatic carbocycles. The van der Waals surface area contributed by atoms with Crippen LogP contribution in [0, 0.1) is 5.82 Å². The maximum absolute atomic E-state index is 15.2. The quantitative estimate of drug-likeness (QED) is 0.615. The Kier molecular flexibility index (Phi) is 5.82. The van der Waals surface area contributed by atoms with Gasteiger partial charge in [0, 0.05) is 37.6 Å². The molecule has 2 N–H and O–H groups in total. The van der Waals surface area contributed by atoms with Gasteiger partial charge in [-0.3, -0.25) is 9.48 Å². The van der Waals surface area contributed by atoms with Gasteiger partial charge in [-0.15, -0.1) is 5.10 Å². The third-order valence-corrected chi connectivity index (χ3v) is 6.12. The monoisotopic (exact) mass is 452 g/mol. The average Bonchev–Trinajstić information content (AvgIpc) is 3.47. The normalized spacial score (nSPS) is 19.7. The van der Waals surface area contributed by atoms with E-state index in [1.807, 2.05) is 37.5 Å². The molecule has 2 aromatic carbocycles. The minimum Gasteiger partial charge on any atom is -0.493 e. The van der Waals surface area contributed by atoms with Gasteiger partial charge in [-0.1, -0.05) is 29.5 Å². The van der Waals surface area contributed by atoms with Crippen molar-refractivity contribution < 1.29 is 23.8 Å². The summed E-state index contributed by atoms with van der Waals surface area (Å²) in [6.07, 6.45) is 2.42. The largest absolute Gasteiger partial charge is 0.493 e. The molecule has 1 amide bonds. The Hall–Kier alpha value is -3.30. The molecule has 2 atom stereocenters. The van der Waals surface area contributed by atoms with E-state index >= 15 is 4.39 Å². The summed E-state index contributed by atoms with van der Waals surface area (Å²) in [7, 11) is 1.82. The lowest BCUT2D eigenvalue weighted by atomic mass is 9.96. The highest BCUT2D eigenvalue weighted by atomic mass is 19.1. The van der Waals surface area contributed by atoms with Crippen molar-refractivity contribution in [1.29, 1.82) is 0 Å². The van der Waals surface area contributed by atoms with E-state index in [2.05, 4.69) is 15.6 Å². The van der Waals surface area contributed by atoms with E-state index in [9.17, 15) is 9.90 Å². The van der Waals surface area contributed by atoms with Crippen LogP contribution in [0.3, 0.4) is 0 Å². The number of carbonyl (C=O) groups is 1. The summed E-state index contributed by atoms with van der Waals surface area (Å²) in [5.74, 6) is -0.566. The second-order valence-electron chi connectivity index (χ2n) is 8.47. The van der Waals surface area contributed by atoms with E-state index in [1.165, 1.54) is 0 Å². The van der Waals surface area contributed by atoms with Gasteiger partial charge in [0.1, 0.15) is 17.3 Å². The molecule has 33 heavy (non-hydrogen) atoms. The fourth-order valence-electron chi connectivity index (χ4n) is 4.34. The highest BCUT2D eigenvalue weighted by molar-refractivity contribution is 5.95. The number of hydrogen-bond acceptors (Lipinski definition) is 6. The number of benzene rings is 2. The second-order valence-corrected chi connectivity index (χ2v) is 8.47. The van der Waals surface area contributed by atoms with E-state index in [0.717, 1.165) is 22.4 Å². The van der Waals surface area contributed by atoms with Crippen LogP contribution in [0.4, 0.5) is 4.39 Å². The third kappa shape index (κ3) is 4.34. The van der Waals surface area contributed by atoms with Gasteiger partial charge in [-0.25, -0.2) is 4.39 Å². The number of rotatable bonds is 5. The molecule has 172 valence electrons. The number of carbonyl (C=O) groups excluding carboxylic acids is 1. The van der Waals surface area contributed by atoms with Gasteiger partial charge in [-0.05, 0) is 23.6 Å². The highest BCUT2D eigenvalue weighted by Crippen LogP contribution is 2.35. The maximum atomic E-state index is 15.2. The number of amides is 1. The van der Waals surface area contributed by atoms with Gasteiger partial charge in [0.15, 0.2) is 0 Å². The van der Waals surface area contributed by atoms with Crippen molar-refractivity contribution in [1.82, 2.24) is 20.3 Å². The van der Waals surface area contributed by atoms with Crippen LogP contribution in [0.5, 0.6) is 5.75 Å². The molecule has 0 unspecified atom stereocenters. The fraction of sp³-hybridized carbons (Fsp3) is 0.375. The van der Waals surface area contributed by atoms with Crippen molar-refractivity contribution in [2.45, 2.75) is 31.4 Å². The van der Waals surface area contributed by atoms with Crippen molar-refractivity contribution in [2.75, 3.05) is 19.8 Å². The summed E-state index contributed by atoms with van der Waals surface area (Å²) >= 11 is 0. The number of nitrogens with zero attached hydrogens (tertiary/aromatic N) is 3. The number of hydrogen-bond donors (Lipinski definition) is 2. The van der Waals surface area contributed by atoms with E-state index < -0.39 is 23.9 Å². The highest BCUT2D eigenvalue weighted by Gasteiger charge is 2.30. The number of aliphatic hydroxyl groups is 1. The Morgan fingerprint density at radius 3 is 2.85 bits per heavy atom. The number of nitrogens with one attached hydrogen (secondary N) is 1. The molecule has 1 aromatic heterocycles. The number of aliphatic hydroxyl groups excluding tert-OH is 1. The molecule has 1 fully saturated rings. The summed E-state index contributed by atoms with van der Waals surface area (Å²) in [5.41, 5.74) is 3.89. The van der Waals surface area contributed by atoms with Crippen LogP contribution in [0.2, 0.25) is 0 Å². The summed E-state index contributed by atoms with van der Waals surface area (Å²) in [4.78, 5) is 12.9. The fourth-order valence-corrected chi connectivity index (χ4v) is 4.34. The molecule has 0 saturated carbocycles. The molecule has 3 aromatic rings. The zero-order valence-corrected chi connectivity index (χ0v) is 18.3. The number of fused-ring (bicyclic) bond motifs is 1. The van der Waals surface area contributed by atoms with Crippen molar-refractivity contribution >= 4 is 5.91 Å². The summed E-state index contributed by atoms with van der Waals surface area (Å²) in [6, 6.07) is 8.98. The molecule has 2 aliphatic heterocycles. The molecule has 0 radical (unpaired) electrons.